The molecule has 0 aliphatic rings. The SMILES string of the molecule is COc1cc(Br)ccc1-c1n[nH]c(-c2cccs2)n1. The van der Waals surface area contributed by atoms with Crippen LogP contribution in [0.2, 0.25) is 0 Å². The van der Waals surface area contributed by atoms with E-state index >= 15 is 0 Å². The lowest BCUT2D eigenvalue weighted by Gasteiger charge is -2.05. The molecule has 0 radical (unpaired) electrons. The third kappa shape index (κ3) is 2.41. The molecule has 3 rings (SSSR count). The van der Waals surface area contributed by atoms with E-state index < -0.39 is 0 Å². The average Bonchev–Trinajstić information content (AvgIpc) is 3.09. The van der Waals surface area contributed by atoms with Crippen LogP contribution in [0.4, 0.5) is 0 Å². The average molecular weight is 336 g/mol. The summed E-state index contributed by atoms with van der Waals surface area (Å²) >= 11 is 5.04. The van der Waals surface area contributed by atoms with Crippen molar-refractivity contribution in [2.24, 2.45) is 0 Å². The Balaban J connectivity index is 2.03. The monoisotopic (exact) mass is 335 g/mol. The third-order valence-electron chi connectivity index (χ3n) is 2.64. The summed E-state index contributed by atoms with van der Waals surface area (Å²) < 4.78 is 6.32. The number of H-pyrrole nitrogens is 1. The Morgan fingerprint density at radius 2 is 2.21 bits per heavy atom. The van der Waals surface area contributed by atoms with Gasteiger partial charge in [0.1, 0.15) is 5.75 Å². The van der Waals surface area contributed by atoms with Gasteiger partial charge < -0.3 is 4.74 Å². The van der Waals surface area contributed by atoms with Crippen LogP contribution in [0.1, 0.15) is 0 Å². The molecule has 0 bridgehead atoms. The molecule has 19 heavy (non-hydrogen) atoms. The van der Waals surface area contributed by atoms with Crippen LogP contribution in [0.3, 0.4) is 0 Å². The van der Waals surface area contributed by atoms with Gasteiger partial charge in [0.05, 0.1) is 17.6 Å². The topological polar surface area (TPSA) is 50.8 Å². The van der Waals surface area contributed by atoms with E-state index in [1.165, 1.54) is 0 Å². The van der Waals surface area contributed by atoms with Gasteiger partial charge in [-0.05, 0) is 29.6 Å². The molecule has 0 fully saturated rings. The number of ether oxygens (including phenoxy) is 1. The van der Waals surface area contributed by atoms with Crippen LogP contribution in [0.25, 0.3) is 22.1 Å². The fourth-order valence-corrected chi connectivity index (χ4v) is 2.76. The lowest BCUT2D eigenvalue weighted by Crippen LogP contribution is -1.89. The van der Waals surface area contributed by atoms with Crippen LogP contribution in [0, 0.1) is 0 Å². The summed E-state index contributed by atoms with van der Waals surface area (Å²) in [4.78, 5) is 5.57. The van der Waals surface area contributed by atoms with Gasteiger partial charge >= 0.3 is 0 Å². The molecule has 6 heteroatoms. The predicted octanol–water partition coefficient (Wildman–Crippen LogP) is 3.97. The summed E-state index contributed by atoms with van der Waals surface area (Å²) in [7, 11) is 1.64. The van der Waals surface area contributed by atoms with E-state index in [0.29, 0.717) is 5.82 Å². The molecule has 4 nitrogen and oxygen atoms in total. The van der Waals surface area contributed by atoms with Gasteiger partial charge in [-0.15, -0.1) is 11.3 Å². The quantitative estimate of drug-likeness (QED) is 0.787. The van der Waals surface area contributed by atoms with Crippen LogP contribution >= 0.6 is 27.3 Å². The summed E-state index contributed by atoms with van der Waals surface area (Å²) in [6.07, 6.45) is 0. The highest BCUT2D eigenvalue weighted by atomic mass is 79.9. The van der Waals surface area contributed by atoms with E-state index in [2.05, 4.69) is 31.1 Å². The molecule has 2 aromatic heterocycles. The predicted molar refractivity (Wildman–Crippen MR) is 79.4 cm³/mol. The summed E-state index contributed by atoms with van der Waals surface area (Å²) in [5.41, 5.74) is 0.866. The Hall–Kier alpha value is -1.66. The van der Waals surface area contributed by atoms with E-state index in [0.717, 1.165) is 26.5 Å². The van der Waals surface area contributed by atoms with Gasteiger partial charge in [0.2, 0.25) is 0 Å². The van der Waals surface area contributed by atoms with Crippen molar-refractivity contribution >= 4 is 27.3 Å². The highest BCUT2D eigenvalue weighted by Gasteiger charge is 2.13. The molecule has 0 unspecified atom stereocenters. The first kappa shape index (κ1) is 12.4. The van der Waals surface area contributed by atoms with Crippen LogP contribution in [0.15, 0.2) is 40.2 Å². The molecule has 0 amide bonds. The smallest absolute Gasteiger partial charge is 0.185 e. The lowest BCUT2D eigenvalue weighted by molar-refractivity contribution is 0.416. The minimum Gasteiger partial charge on any atom is -0.496 e. The van der Waals surface area contributed by atoms with Crippen molar-refractivity contribution in [3.63, 3.8) is 0 Å². The molecular formula is C13H10BrN3OS. The number of rotatable bonds is 3. The molecule has 0 aliphatic carbocycles. The molecule has 2 heterocycles. The van der Waals surface area contributed by atoms with Crippen LogP contribution in [-0.2, 0) is 0 Å². The van der Waals surface area contributed by atoms with Crippen molar-refractivity contribution in [1.82, 2.24) is 15.2 Å². The minimum absolute atomic E-state index is 0.632. The number of nitrogens with zero attached hydrogens (tertiary/aromatic N) is 2. The summed E-state index contributed by atoms with van der Waals surface area (Å²) in [5, 5.41) is 9.22. The maximum atomic E-state index is 5.36. The number of aromatic amines is 1. The number of nitrogens with one attached hydrogen (secondary N) is 1. The second kappa shape index (κ2) is 5.14. The summed E-state index contributed by atoms with van der Waals surface area (Å²) in [5.74, 6) is 2.15. The molecule has 0 spiro atoms. The maximum absolute atomic E-state index is 5.36. The van der Waals surface area contributed by atoms with Crippen molar-refractivity contribution in [3.8, 4) is 27.8 Å². The van der Waals surface area contributed by atoms with Gasteiger partial charge in [-0.25, -0.2) is 4.98 Å². The van der Waals surface area contributed by atoms with Crippen molar-refractivity contribution in [2.75, 3.05) is 7.11 Å². The highest BCUT2D eigenvalue weighted by molar-refractivity contribution is 9.10. The lowest BCUT2D eigenvalue weighted by atomic mass is 10.2. The maximum Gasteiger partial charge on any atom is 0.185 e. The second-order valence-corrected chi connectivity index (χ2v) is 5.69. The molecule has 96 valence electrons. The molecule has 0 aliphatic heterocycles. The third-order valence-corrected chi connectivity index (χ3v) is 4.01. The molecule has 0 saturated heterocycles. The van der Waals surface area contributed by atoms with Crippen LogP contribution in [-0.4, -0.2) is 22.3 Å². The Kier molecular flexibility index (Phi) is 3.35. The Morgan fingerprint density at radius 1 is 1.32 bits per heavy atom. The first-order valence-corrected chi connectivity index (χ1v) is 7.25. The number of benzene rings is 1. The number of halogens is 1. The molecule has 0 saturated carbocycles. The minimum atomic E-state index is 0.632. The zero-order valence-electron chi connectivity index (χ0n) is 10.1. The number of methoxy groups -OCH3 is 1. The summed E-state index contributed by atoms with van der Waals surface area (Å²) in [6.45, 7) is 0. The zero-order chi connectivity index (χ0) is 13.2. The van der Waals surface area contributed by atoms with Gasteiger partial charge in [-0.3, -0.25) is 5.10 Å². The van der Waals surface area contributed by atoms with Crippen molar-refractivity contribution in [2.45, 2.75) is 0 Å². The summed E-state index contributed by atoms with van der Waals surface area (Å²) in [6, 6.07) is 9.77. The second-order valence-electron chi connectivity index (χ2n) is 3.83. The largest absolute Gasteiger partial charge is 0.496 e. The number of hydrogen-bond acceptors (Lipinski definition) is 4. The molecule has 1 aromatic carbocycles. The zero-order valence-corrected chi connectivity index (χ0v) is 12.5. The van der Waals surface area contributed by atoms with E-state index in [9.17, 15) is 0 Å². The van der Waals surface area contributed by atoms with Crippen LogP contribution < -0.4 is 4.74 Å². The van der Waals surface area contributed by atoms with Gasteiger partial charge in [0.15, 0.2) is 11.6 Å². The van der Waals surface area contributed by atoms with Gasteiger partial charge in [0, 0.05) is 4.47 Å². The number of hydrogen-bond donors (Lipinski definition) is 1. The first-order valence-electron chi connectivity index (χ1n) is 5.58. The highest BCUT2D eigenvalue weighted by Crippen LogP contribution is 2.31. The van der Waals surface area contributed by atoms with E-state index in [-0.39, 0.29) is 0 Å². The normalized spacial score (nSPS) is 10.6. The van der Waals surface area contributed by atoms with Crippen molar-refractivity contribution in [3.05, 3.63) is 40.2 Å². The Morgan fingerprint density at radius 3 is 2.95 bits per heavy atom. The Bertz CT molecular complexity index is 694. The fraction of sp³-hybridized carbons (Fsp3) is 0.0769. The van der Waals surface area contributed by atoms with E-state index in [1.54, 1.807) is 18.4 Å². The molecular weight excluding hydrogens is 326 g/mol. The Labute approximate surface area is 122 Å². The van der Waals surface area contributed by atoms with Gasteiger partial charge in [0.25, 0.3) is 0 Å². The standard InChI is InChI=1S/C13H10BrN3OS/c1-18-10-7-8(14)4-5-9(10)12-15-13(17-16-12)11-3-2-6-19-11/h2-7H,1H3,(H,15,16,17). The first-order chi connectivity index (χ1) is 9.28. The molecule has 3 aromatic rings. The molecule has 0 atom stereocenters. The fourth-order valence-electron chi connectivity index (χ4n) is 1.76. The van der Waals surface area contributed by atoms with Gasteiger partial charge in [-0.2, -0.15) is 5.10 Å². The molecule has 1 N–H and O–H groups in total. The van der Waals surface area contributed by atoms with Crippen molar-refractivity contribution < 1.29 is 4.74 Å². The number of aromatic nitrogens is 3. The van der Waals surface area contributed by atoms with Gasteiger partial charge in [-0.1, -0.05) is 22.0 Å². The number of thiophene rings is 1. The van der Waals surface area contributed by atoms with Crippen molar-refractivity contribution in [1.29, 1.82) is 0 Å². The van der Waals surface area contributed by atoms with E-state index in [1.807, 2.05) is 35.7 Å². The van der Waals surface area contributed by atoms with Crippen LogP contribution in [0.5, 0.6) is 5.75 Å². The van der Waals surface area contributed by atoms with E-state index in [4.69, 9.17) is 4.74 Å².